The second-order valence-corrected chi connectivity index (χ2v) is 7.90. The van der Waals surface area contributed by atoms with Crippen molar-refractivity contribution in [3.8, 4) is 0 Å². The van der Waals surface area contributed by atoms with E-state index in [9.17, 15) is 24.2 Å². The minimum absolute atomic E-state index is 0.0805. The van der Waals surface area contributed by atoms with Crippen molar-refractivity contribution in [3.05, 3.63) is 0 Å². The highest BCUT2D eigenvalue weighted by molar-refractivity contribution is 8.55. The molecule has 0 spiro atoms. The van der Waals surface area contributed by atoms with Crippen LogP contribution >= 0.6 is 18.2 Å². The Labute approximate surface area is 114 Å². The Morgan fingerprint density at radius 2 is 1.95 bits per heavy atom. The SMILES string of the molecule is CC(=O)CC(O)(SP(=O)(O)OCC(O)CO)C(C)=O. The quantitative estimate of drug-likeness (QED) is 0.325. The van der Waals surface area contributed by atoms with Gasteiger partial charge in [0, 0.05) is 11.4 Å². The van der Waals surface area contributed by atoms with E-state index in [1.54, 1.807) is 0 Å². The normalized spacial score (nSPS) is 19.3. The van der Waals surface area contributed by atoms with Crippen LogP contribution in [0.25, 0.3) is 0 Å². The van der Waals surface area contributed by atoms with E-state index in [4.69, 9.17) is 10.2 Å². The Balaban J connectivity index is 4.78. The molecule has 0 aliphatic carbocycles. The van der Waals surface area contributed by atoms with Crippen LogP contribution in [0.15, 0.2) is 0 Å². The largest absolute Gasteiger partial charge is 0.394 e. The van der Waals surface area contributed by atoms with Gasteiger partial charge in [0.1, 0.15) is 11.9 Å². The van der Waals surface area contributed by atoms with Crippen molar-refractivity contribution in [3.63, 3.8) is 0 Å². The van der Waals surface area contributed by atoms with Crippen molar-refractivity contribution in [1.29, 1.82) is 0 Å². The third kappa shape index (κ3) is 7.17. The van der Waals surface area contributed by atoms with Crippen molar-refractivity contribution >= 4 is 29.7 Å². The molecule has 0 saturated carbocycles. The molecule has 0 aliphatic rings. The van der Waals surface area contributed by atoms with Gasteiger partial charge in [-0.05, 0) is 13.8 Å². The fourth-order valence-electron chi connectivity index (χ4n) is 1.01. The number of carbonyl (C=O) groups excluding carboxylic acids is 2. The first-order valence-electron chi connectivity index (χ1n) is 5.22. The number of ketones is 2. The first kappa shape index (κ1) is 18.7. The van der Waals surface area contributed by atoms with Crippen LogP contribution in [-0.4, -0.2) is 56.0 Å². The molecular formula is C9H17O8PS. The molecule has 0 aromatic heterocycles. The zero-order chi connectivity index (χ0) is 15.3. The number of carbonyl (C=O) groups is 2. The second kappa shape index (κ2) is 7.49. The molecule has 112 valence electrons. The van der Waals surface area contributed by atoms with Crippen LogP contribution in [0.4, 0.5) is 0 Å². The van der Waals surface area contributed by atoms with Crippen LogP contribution in [0.3, 0.4) is 0 Å². The van der Waals surface area contributed by atoms with Crippen LogP contribution < -0.4 is 0 Å². The number of Topliss-reactive ketones (excluding diaryl/α,β-unsaturated/α-hetero) is 2. The number of hydrogen-bond acceptors (Lipinski definition) is 8. The molecule has 0 rings (SSSR count). The van der Waals surface area contributed by atoms with Gasteiger partial charge in [0.15, 0.2) is 10.7 Å². The monoisotopic (exact) mass is 316 g/mol. The van der Waals surface area contributed by atoms with Crippen molar-refractivity contribution in [1.82, 2.24) is 0 Å². The molecule has 10 heteroatoms. The van der Waals surface area contributed by atoms with Gasteiger partial charge in [-0.1, -0.05) is 0 Å². The first-order valence-corrected chi connectivity index (χ1v) is 8.22. The molecule has 0 radical (unpaired) electrons. The number of aliphatic hydroxyl groups is 3. The molecule has 0 fully saturated rings. The predicted molar refractivity (Wildman–Crippen MR) is 67.4 cm³/mol. The summed E-state index contributed by atoms with van der Waals surface area (Å²) in [5, 5.41) is 27.4. The number of rotatable bonds is 9. The standard InChI is InChI=1S/C9H17O8PS/c1-6(11)3-9(14,7(2)12)19-18(15,16)17-5-8(13)4-10/h8,10,13-14H,3-5H2,1-2H3,(H,15,16). The number of hydrogen-bond donors (Lipinski definition) is 4. The molecule has 3 unspecified atom stereocenters. The van der Waals surface area contributed by atoms with E-state index in [0.717, 1.165) is 13.8 Å². The van der Waals surface area contributed by atoms with E-state index in [1.807, 2.05) is 0 Å². The van der Waals surface area contributed by atoms with E-state index in [1.165, 1.54) is 0 Å². The summed E-state index contributed by atoms with van der Waals surface area (Å²) < 4.78 is 16.1. The maximum absolute atomic E-state index is 11.6. The third-order valence-corrected chi connectivity index (χ3v) is 5.30. The Hall–Kier alpha value is -0.280. The molecule has 4 N–H and O–H groups in total. The second-order valence-electron chi connectivity index (χ2n) is 3.91. The summed E-state index contributed by atoms with van der Waals surface area (Å²) in [5.41, 5.74) is 0. The van der Waals surface area contributed by atoms with Gasteiger partial charge in [0.05, 0.1) is 19.6 Å². The lowest BCUT2D eigenvalue weighted by molar-refractivity contribution is -0.132. The van der Waals surface area contributed by atoms with Crippen LogP contribution in [0.1, 0.15) is 20.3 Å². The summed E-state index contributed by atoms with van der Waals surface area (Å²) in [4.78, 5) is 29.3. The van der Waals surface area contributed by atoms with Crippen molar-refractivity contribution < 1.29 is 38.9 Å². The van der Waals surface area contributed by atoms with E-state index in [-0.39, 0.29) is 11.4 Å². The van der Waals surface area contributed by atoms with E-state index < -0.39 is 49.0 Å². The highest BCUT2D eigenvalue weighted by atomic mass is 32.7. The molecule has 0 aliphatic heterocycles. The van der Waals surface area contributed by atoms with E-state index in [2.05, 4.69) is 4.52 Å². The summed E-state index contributed by atoms with van der Waals surface area (Å²) >= 11 is -0.0805. The van der Waals surface area contributed by atoms with E-state index in [0.29, 0.717) is 0 Å². The molecule has 0 saturated heterocycles. The molecule has 0 aromatic carbocycles. The third-order valence-electron chi connectivity index (χ3n) is 1.95. The molecule has 8 nitrogen and oxygen atoms in total. The summed E-state index contributed by atoms with van der Waals surface area (Å²) in [6.45, 7) is -3.70. The summed E-state index contributed by atoms with van der Waals surface area (Å²) in [6, 6.07) is 0. The molecule has 0 bridgehead atoms. The van der Waals surface area contributed by atoms with Crippen LogP contribution in [0.2, 0.25) is 0 Å². The van der Waals surface area contributed by atoms with E-state index >= 15 is 0 Å². The maximum Gasteiger partial charge on any atom is 0.389 e. The van der Waals surface area contributed by atoms with Gasteiger partial charge in [0.25, 0.3) is 0 Å². The lowest BCUT2D eigenvalue weighted by Crippen LogP contribution is -2.35. The predicted octanol–water partition coefficient (Wildman–Crippen LogP) is -0.554. The minimum atomic E-state index is -4.47. The Bertz CT molecular complexity index is 386. The van der Waals surface area contributed by atoms with Gasteiger partial charge in [-0.3, -0.25) is 14.1 Å². The topological polar surface area (TPSA) is 141 Å². The molecule has 0 amide bonds. The minimum Gasteiger partial charge on any atom is -0.394 e. The van der Waals surface area contributed by atoms with Crippen LogP contribution in [0.5, 0.6) is 0 Å². The summed E-state index contributed by atoms with van der Waals surface area (Å²) in [5.74, 6) is -1.41. The van der Waals surface area contributed by atoms with Gasteiger partial charge >= 0.3 is 6.80 Å². The van der Waals surface area contributed by atoms with Gasteiger partial charge < -0.3 is 20.2 Å². The highest BCUT2D eigenvalue weighted by Crippen LogP contribution is 2.61. The van der Waals surface area contributed by atoms with Gasteiger partial charge in [-0.15, -0.1) is 0 Å². The van der Waals surface area contributed by atoms with Gasteiger partial charge in [0.2, 0.25) is 0 Å². The lowest BCUT2D eigenvalue weighted by Gasteiger charge is -2.25. The zero-order valence-corrected chi connectivity index (χ0v) is 12.2. The van der Waals surface area contributed by atoms with Gasteiger partial charge in [-0.2, -0.15) is 0 Å². The van der Waals surface area contributed by atoms with Crippen molar-refractivity contribution in [2.75, 3.05) is 13.2 Å². The van der Waals surface area contributed by atoms with Crippen molar-refractivity contribution in [2.45, 2.75) is 31.3 Å². The average molecular weight is 316 g/mol. The first-order chi connectivity index (χ1) is 8.52. The maximum atomic E-state index is 11.6. The molecular weight excluding hydrogens is 299 g/mol. The average Bonchev–Trinajstić information content (AvgIpc) is 2.23. The Morgan fingerprint density at radius 1 is 1.42 bits per heavy atom. The molecule has 3 atom stereocenters. The molecule has 0 aromatic rings. The fourth-order valence-corrected chi connectivity index (χ4v) is 4.26. The summed E-state index contributed by atoms with van der Waals surface area (Å²) in [7, 11) is 0. The zero-order valence-electron chi connectivity index (χ0n) is 10.5. The summed E-state index contributed by atoms with van der Waals surface area (Å²) in [6.07, 6.45) is -2.00. The van der Waals surface area contributed by atoms with Crippen LogP contribution in [-0.2, 0) is 18.7 Å². The number of aliphatic hydroxyl groups excluding tert-OH is 2. The highest BCUT2D eigenvalue weighted by Gasteiger charge is 2.43. The molecule has 0 heterocycles. The van der Waals surface area contributed by atoms with Crippen molar-refractivity contribution in [2.24, 2.45) is 0 Å². The fraction of sp³-hybridized carbons (Fsp3) is 0.778. The van der Waals surface area contributed by atoms with Gasteiger partial charge in [-0.25, -0.2) is 4.57 Å². The van der Waals surface area contributed by atoms with Crippen LogP contribution in [0, 0.1) is 0 Å². The lowest BCUT2D eigenvalue weighted by atomic mass is 10.1. The Kier molecular flexibility index (Phi) is 7.38. The Morgan fingerprint density at radius 3 is 2.32 bits per heavy atom. The smallest absolute Gasteiger partial charge is 0.389 e. The molecule has 19 heavy (non-hydrogen) atoms.